The first-order valence-electron chi connectivity index (χ1n) is 7.77. The number of benzene rings is 1. The van der Waals surface area contributed by atoms with E-state index in [0.717, 1.165) is 5.92 Å². The van der Waals surface area contributed by atoms with Crippen LogP contribution >= 0.6 is 0 Å². The normalized spacial score (nSPS) is 20.9. The van der Waals surface area contributed by atoms with Crippen LogP contribution in [0.4, 0.5) is 0 Å². The van der Waals surface area contributed by atoms with E-state index in [9.17, 15) is 0 Å². The zero-order chi connectivity index (χ0) is 13.9. The van der Waals surface area contributed by atoms with Crippen molar-refractivity contribution in [3.05, 3.63) is 35.4 Å². The van der Waals surface area contributed by atoms with E-state index in [1.54, 1.807) is 11.1 Å². The number of rotatable bonds is 5. The lowest BCUT2D eigenvalue weighted by Crippen LogP contribution is -2.30. The maximum atomic E-state index is 3.38. The van der Waals surface area contributed by atoms with Crippen LogP contribution in [0.25, 0.3) is 0 Å². The molecule has 1 nitrogen and oxygen atoms in total. The highest BCUT2D eigenvalue weighted by Crippen LogP contribution is 2.41. The Labute approximate surface area is 118 Å². The molecule has 1 aromatic carbocycles. The number of fused-ring (bicyclic) bond motifs is 1. The van der Waals surface area contributed by atoms with Gasteiger partial charge in [0, 0.05) is 6.04 Å². The molecule has 1 aliphatic carbocycles. The van der Waals surface area contributed by atoms with Gasteiger partial charge in [0.25, 0.3) is 0 Å². The maximum Gasteiger partial charge on any atom is 0.00408 e. The topological polar surface area (TPSA) is 12.0 Å². The standard InChI is InChI=1S/C18H29N/c1-14(19-4)12-18(2,3)13-16-10-7-9-15-8-5-6-11-17(15)16/h5-6,8,11,14,16,19H,7,9-10,12-13H2,1-4H3. The van der Waals surface area contributed by atoms with Crippen molar-refractivity contribution in [1.82, 2.24) is 5.32 Å². The summed E-state index contributed by atoms with van der Waals surface area (Å²) in [6.45, 7) is 7.15. The van der Waals surface area contributed by atoms with Crippen molar-refractivity contribution in [2.45, 2.75) is 64.8 Å². The van der Waals surface area contributed by atoms with Crippen molar-refractivity contribution in [3.8, 4) is 0 Å². The van der Waals surface area contributed by atoms with Gasteiger partial charge in [-0.15, -0.1) is 0 Å². The van der Waals surface area contributed by atoms with Crippen LogP contribution in [0.15, 0.2) is 24.3 Å². The number of aryl methyl sites for hydroxylation is 1. The summed E-state index contributed by atoms with van der Waals surface area (Å²) < 4.78 is 0. The predicted molar refractivity (Wildman–Crippen MR) is 83.7 cm³/mol. The molecule has 0 saturated heterocycles. The van der Waals surface area contributed by atoms with Gasteiger partial charge in [-0.05, 0) is 68.5 Å². The molecule has 1 aromatic rings. The third-order valence-corrected chi connectivity index (χ3v) is 4.64. The third kappa shape index (κ3) is 3.82. The molecule has 1 aliphatic rings. The second kappa shape index (κ2) is 6.09. The monoisotopic (exact) mass is 259 g/mol. The minimum atomic E-state index is 0.414. The Morgan fingerprint density at radius 2 is 2.05 bits per heavy atom. The second-order valence-electron chi connectivity index (χ2n) is 7.05. The number of hydrogen-bond acceptors (Lipinski definition) is 1. The molecule has 0 amide bonds. The van der Waals surface area contributed by atoms with E-state index in [4.69, 9.17) is 0 Å². The Kier molecular flexibility index (Phi) is 4.67. The maximum absolute atomic E-state index is 3.38. The lowest BCUT2D eigenvalue weighted by Gasteiger charge is -2.35. The lowest BCUT2D eigenvalue weighted by molar-refractivity contribution is 0.244. The highest BCUT2D eigenvalue weighted by atomic mass is 14.9. The summed E-state index contributed by atoms with van der Waals surface area (Å²) in [6.07, 6.45) is 6.58. The van der Waals surface area contributed by atoms with Gasteiger partial charge in [-0.1, -0.05) is 38.1 Å². The Hall–Kier alpha value is -0.820. The second-order valence-corrected chi connectivity index (χ2v) is 7.05. The lowest BCUT2D eigenvalue weighted by atomic mass is 9.71. The van der Waals surface area contributed by atoms with Crippen LogP contribution < -0.4 is 5.32 Å². The molecule has 2 atom stereocenters. The Morgan fingerprint density at radius 3 is 2.79 bits per heavy atom. The molecule has 0 aromatic heterocycles. The van der Waals surface area contributed by atoms with Gasteiger partial charge in [0.2, 0.25) is 0 Å². The van der Waals surface area contributed by atoms with E-state index in [1.165, 1.54) is 32.1 Å². The van der Waals surface area contributed by atoms with Crippen LogP contribution in [0, 0.1) is 5.41 Å². The van der Waals surface area contributed by atoms with Crippen molar-refractivity contribution in [1.29, 1.82) is 0 Å². The minimum Gasteiger partial charge on any atom is -0.317 e. The van der Waals surface area contributed by atoms with E-state index >= 15 is 0 Å². The molecule has 0 heterocycles. The first-order chi connectivity index (χ1) is 9.02. The Balaban J connectivity index is 2.07. The van der Waals surface area contributed by atoms with Crippen LogP contribution in [0.1, 0.15) is 63.5 Å². The van der Waals surface area contributed by atoms with Crippen LogP contribution in [-0.4, -0.2) is 13.1 Å². The molecular formula is C18H29N. The van der Waals surface area contributed by atoms with E-state index in [2.05, 4.69) is 57.4 Å². The van der Waals surface area contributed by atoms with Gasteiger partial charge in [0.05, 0.1) is 0 Å². The summed E-state index contributed by atoms with van der Waals surface area (Å²) in [4.78, 5) is 0. The molecule has 19 heavy (non-hydrogen) atoms. The first-order valence-corrected chi connectivity index (χ1v) is 7.77. The summed E-state index contributed by atoms with van der Waals surface area (Å²) in [5, 5.41) is 3.38. The largest absolute Gasteiger partial charge is 0.317 e. The molecule has 1 N–H and O–H groups in total. The van der Waals surface area contributed by atoms with Crippen LogP contribution in [0.3, 0.4) is 0 Å². The molecule has 0 spiro atoms. The molecule has 106 valence electrons. The summed E-state index contributed by atoms with van der Waals surface area (Å²) in [5.74, 6) is 0.768. The average Bonchev–Trinajstić information content (AvgIpc) is 2.38. The number of nitrogens with one attached hydrogen (secondary N) is 1. The Bertz CT molecular complexity index is 408. The summed E-state index contributed by atoms with van der Waals surface area (Å²) in [6, 6.07) is 9.69. The van der Waals surface area contributed by atoms with Crippen molar-refractivity contribution >= 4 is 0 Å². The summed E-state index contributed by atoms with van der Waals surface area (Å²) in [5.41, 5.74) is 3.63. The van der Waals surface area contributed by atoms with Gasteiger partial charge in [-0.25, -0.2) is 0 Å². The predicted octanol–water partition coefficient (Wildman–Crippen LogP) is 4.52. The van der Waals surface area contributed by atoms with Gasteiger partial charge >= 0.3 is 0 Å². The molecule has 0 aliphatic heterocycles. The minimum absolute atomic E-state index is 0.414. The van der Waals surface area contributed by atoms with Crippen molar-refractivity contribution in [2.24, 2.45) is 5.41 Å². The van der Waals surface area contributed by atoms with E-state index in [1.807, 2.05) is 0 Å². The fourth-order valence-corrected chi connectivity index (χ4v) is 3.75. The van der Waals surface area contributed by atoms with Crippen LogP contribution in [0.5, 0.6) is 0 Å². The summed E-state index contributed by atoms with van der Waals surface area (Å²) >= 11 is 0. The van der Waals surface area contributed by atoms with Crippen LogP contribution in [-0.2, 0) is 6.42 Å². The fourth-order valence-electron chi connectivity index (χ4n) is 3.75. The third-order valence-electron chi connectivity index (χ3n) is 4.64. The van der Waals surface area contributed by atoms with Gasteiger partial charge in [-0.2, -0.15) is 0 Å². The van der Waals surface area contributed by atoms with Crippen molar-refractivity contribution in [2.75, 3.05) is 7.05 Å². The molecular weight excluding hydrogens is 230 g/mol. The van der Waals surface area contributed by atoms with Gasteiger partial charge in [0.15, 0.2) is 0 Å². The van der Waals surface area contributed by atoms with E-state index in [-0.39, 0.29) is 0 Å². The van der Waals surface area contributed by atoms with Crippen molar-refractivity contribution < 1.29 is 0 Å². The van der Waals surface area contributed by atoms with Crippen molar-refractivity contribution in [3.63, 3.8) is 0 Å². The van der Waals surface area contributed by atoms with Gasteiger partial charge < -0.3 is 5.32 Å². The van der Waals surface area contributed by atoms with E-state index < -0.39 is 0 Å². The van der Waals surface area contributed by atoms with Gasteiger partial charge in [0.1, 0.15) is 0 Å². The highest BCUT2D eigenvalue weighted by molar-refractivity contribution is 5.32. The van der Waals surface area contributed by atoms with Gasteiger partial charge in [-0.3, -0.25) is 0 Å². The Morgan fingerprint density at radius 1 is 1.32 bits per heavy atom. The summed E-state index contributed by atoms with van der Waals surface area (Å²) in [7, 11) is 2.07. The van der Waals surface area contributed by atoms with E-state index in [0.29, 0.717) is 11.5 Å². The molecule has 0 fully saturated rings. The fraction of sp³-hybridized carbons (Fsp3) is 0.667. The number of hydrogen-bond donors (Lipinski definition) is 1. The smallest absolute Gasteiger partial charge is 0.00408 e. The average molecular weight is 259 g/mol. The molecule has 1 heteroatoms. The highest BCUT2D eigenvalue weighted by Gasteiger charge is 2.28. The zero-order valence-corrected chi connectivity index (χ0v) is 13.0. The quantitative estimate of drug-likeness (QED) is 0.819. The SMILES string of the molecule is CNC(C)CC(C)(C)CC1CCCc2ccccc21. The molecule has 0 bridgehead atoms. The van der Waals surface area contributed by atoms with Crippen LogP contribution in [0.2, 0.25) is 0 Å². The molecule has 2 unspecified atom stereocenters. The molecule has 2 rings (SSSR count). The molecule has 0 saturated carbocycles. The molecule has 0 radical (unpaired) electrons. The first kappa shape index (κ1) is 14.6. The zero-order valence-electron chi connectivity index (χ0n) is 13.0.